The molecule has 2 aromatic rings. The first-order chi connectivity index (χ1) is 29.8. The summed E-state index contributed by atoms with van der Waals surface area (Å²) in [5.41, 5.74) is 1.87. The maximum atomic E-state index is 12.3. The fourth-order valence-electron chi connectivity index (χ4n) is 6.69. The normalized spacial score (nSPS) is 13.7. The molecule has 0 fully saturated rings. The Morgan fingerprint density at radius 3 is 1.48 bits per heavy atom. The van der Waals surface area contributed by atoms with Crippen LogP contribution in [0.2, 0.25) is 0 Å². The summed E-state index contributed by atoms with van der Waals surface area (Å²) < 4.78 is 15.0. The molecule has 0 aromatic heterocycles. The van der Waals surface area contributed by atoms with Crippen LogP contribution in [0.15, 0.2) is 86.0 Å². The van der Waals surface area contributed by atoms with Crippen molar-refractivity contribution in [2.45, 2.75) is 120 Å². The first kappa shape index (κ1) is 60.6. The molecular formula is C51H78ClNO10. The third kappa shape index (κ3) is 27.4. The van der Waals surface area contributed by atoms with E-state index >= 15 is 0 Å². The molecule has 0 bridgehead atoms. The largest absolute Gasteiger partial charge is 0.463 e. The van der Waals surface area contributed by atoms with Gasteiger partial charge in [0.1, 0.15) is 31.4 Å². The average Bonchev–Trinajstić information content (AvgIpc) is 3.29. The van der Waals surface area contributed by atoms with E-state index < -0.39 is 16.6 Å². The minimum Gasteiger partial charge on any atom is -0.463 e. The lowest BCUT2D eigenvalue weighted by Gasteiger charge is -2.31. The van der Waals surface area contributed by atoms with Gasteiger partial charge in [-0.3, -0.25) is 24.0 Å². The van der Waals surface area contributed by atoms with Gasteiger partial charge in [-0.1, -0.05) is 129 Å². The lowest BCUT2D eigenvalue weighted by atomic mass is 9.72. The van der Waals surface area contributed by atoms with Crippen LogP contribution in [0.4, 0.5) is 0 Å². The third-order valence-electron chi connectivity index (χ3n) is 11.2. The van der Waals surface area contributed by atoms with Gasteiger partial charge in [-0.05, 0) is 113 Å². The van der Waals surface area contributed by atoms with Crippen molar-refractivity contribution in [1.82, 2.24) is 4.90 Å². The molecule has 0 saturated carbocycles. The smallest absolute Gasteiger partial charge is 0.330 e. The minimum absolute atomic E-state index is 0.00761. The molecule has 6 atom stereocenters. The Bertz CT molecular complexity index is 1610. The Kier molecular flexibility index (Phi) is 34.6. The molecule has 12 heteroatoms. The maximum Gasteiger partial charge on any atom is 0.330 e. The molecule has 63 heavy (non-hydrogen) atoms. The summed E-state index contributed by atoms with van der Waals surface area (Å²) in [6.07, 6.45) is 6.30. The maximum absolute atomic E-state index is 12.3. The van der Waals surface area contributed by atoms with E-state index in [1.165, 1.54) is 19.6 Å². The number of aliphatic hydroxyl groups excluding tert-OH is 1. The molecule has 6 unspecified atom stereocenters. The van der Waals surface area contributed by atoms with Gasteiger partial charge in [0.15, 0.2) is 0 Å². The van der Waals surface area contributed by atoms with Crippen LogP contribution < -0.4 is 0 Å². The minimum atomic E-state index is -0.543. The molecule has 0 spiro atoms. The fourth-order valence-corrected chi connectivity index (χ4v) is 6.69. The van der Waals surface area contributed by atoms with Crippen molar-refractivity contribution in [3.63, 3.8) is 0 Å². The summed E-state index contributed by atoms with van der Waals surface area (Å²) >= 11 is 4.71. The summed E-state index contributed by atoms with van der Waals surface area (Å²) in [6, 6.07) is 20.0. The molecule has 0 saturated heterocycles. The van der Waals surface area contributed by atoms with Crippen molar-refractivity contribution in [2.24, 2.45) is 23.2 Å². The number of hydrogen-bond acceptors (Lipinski definition) is 11. The summed E-state index contributed by atoms with van der Waals surface area (Å²) in [4.78, 5) is 71.1. The van der Waals surface area contributed by atoms with E-state index in [0.717, 1.165) is 36.1 Å². The number of carbonyl (C=O) groups excluding carboxylic acids is 6. The van der Waals surface area contributed by atoms with Crippen LogP contribution >= 0.6 is 11.6 Å². The lowest BCUT2D eigenvalue weighted by molar-refractivity contribution is -0.153. The third-order valence-corrected chi connectivity index (χ3v) is 11.3. The van der Waals surface area contributed by atoms with E-state index in [9.17, 15) is 28.8 Å². The fraction of sp³-hybridized carbons (Fsp3) is 0.569. The quantitative estimate of drug-likeness (QED) is 0.0316. The number of allylic oxidation sites excluding steroid dienone is 1. The predicted octanol–water partition coefficient (Wildman–Crippen LogP) is 10.1. The Morgan fingerprint density at radius 2 is 1.13 bits per heavy atom. The van der Waals surface area contributed by atoms with Gasteiger partial charge >= 0.3 is 17.9 Å². The molecular weight excluding hydrogens is 822 g/mol. The van der Waals surface area contributed by atoms with Crippen LogP contribution in [0.25, 0.3) is 0 Å². The van der Waals surface area contributed by atoms with Crippen LogP contribution in [0, 0.1) is 23.2 Å². The van der Waals surface area contributed by atoms with Gasteiger partial charge in [-0.15, -0.1) is 0 Å². The van der Waals surface area contributed by atoms with Gasteiger partial charge in [0, 0.05) is 17.4 Å². The Labute approximate surface area is 384 Å². The van der Waals surface area contributed by atoms with E-state index in [-0.39, 0.29) is 79.5 Å². The van der Waals surface area contributed by atoms with Gasteiger partial charge in [0.2, 0.25) is 5.24 Å². The molecule has 0 aliphatic rings. The molecule has 2 aromatic carbocycles. The van der Waals surface area contributed by atoms with Gasteiger partial charge < -0.3 is 24.2 Å². The number of benzene rings is 2. The topological polar surface area (TPSA) is 154 Å². The number of ketones is 2. The molecule has 354 valence electrons. The standard InChI is InChI=1S/C22H30O5.C20H30O4.C6H15N.C3H3ClO/c1-5-18(17(4)23)15-20(19-10-8-7-9-11-19)14-16(3)22(25)27-13-12-26-21(24)6-2;1-5-20(4,16(3)22)14-18(17-9-7-6-8-10-17)13-15(2)19(23)24-12-11-21;1-4-7(5-2)6-3;1-2-3(4)5/h6-11,16,18,20H,2,5,12-15H2,1,3-4H3;6-10,15,18,21H,5,11-14H2,1-4H3;4-6H2,1-3H3;2H,1H2. The molecule has 0 heterocycles. The zero-order valence-electron chi connectivity index (χ0n) is 39.9. The van der Waals surface area contributed by atoms with Crippen LogP contribution in [0.5, 0.6) is 0 Å². The Morgan fingerprint density at radius 1 is 0.698 bits per heavy atom. The molecule has 0 amide bonds. The molecule has 11 nitrogen and oxygen atoms in total. The van der Waals surface area contributed by atoms with E-state index in [4.69, 9.17) is 30.9 Å². The molecule has 0 aliphatic carbocycles. The highest BCUT2D eigenvalue weighted by Gasteiger charge is 2.33. The number of halogens is 1. The van der Waals surface area contributed by atoms with Crippen molar-refractivity contribution in [3.8, 4) is 0 Å². The second-order valence-electron chi connectivity index (χ2n) is 15.7. The predicted molar refractivity (Wildman–Crippen MR) is 253 cm³/mol. The lowest BCUT2D eigenvalue weighted by Crippen LogP contribution is -2.28. The number of ether oxygens (including phenoxy) is 3. The number of esters is 3. The highest BCUT2D eigenvalue weighted by molar-refractivity contribution is 6.66. The first-order valence-electron chi connectivity index (χ1n) is 22.2. The number of rotatable bonds is 26. The van der Waals surface area contributed by atoms with Crippen LogP contribution in [0.1, 0.15) is 131 Å². The highest BCUT2D eigenvalue weighted by Crippen LogP contribution is 2.39. The monoisotopic (exact) mass is 900 g/mol. The first-order valence-corrected chi connectivity index (χ1v) is 22.6. The summed E-state index contributed by atoms with van der Waals surface area (Å²) in [5.74, 6) is -1.23. The van der Waals surface area contributed by atoms with Crippen molar-refractivity contribution < 1.29 is 48.1 Å². The molecule has 1 N–H and O–H groups in total. The van der Waals surface area contributed by atoms with E-state index in [2.05, 4.69) is 38.8 Å². The van der Waals surface area contributed by atoms with Gasteiger partial charge in [-0.25, -0.2) is 4.79 Å². The van der Waals surface area contributed by atoms with Crippen LogP contribution in [-0.4, -0.2) is 90.8 Å². The van der Waals surface area contributed by atoms with Gasteiger partial charge in [0.05, 0.1) is 18.4 Å². The number of Topliss-reactive ketones (excluding diaryl/α,β-unsaturated/α-hetero) is 2. The summed E-state index contributed by atoms with van der Waals surface area (Å²) in [7, 11) is 0. The second kappa shape index (κ2) is 35.9. The number of aliphatic hydroxyl groups is 1. The summed E-state index contributed by atoms with van der Waals surface area (Å²) in [5, 5.41) is 8.28. The SMILES string of the molecule is C=CC(=O)Cl.C=CC(=O)OCCOC(=O)C(C)CC(CC(CC)C(C)=O)c1ccccc1.CCC(C)(CC(CC(C)C(=O)OCCO)c1ccccc1)C(C)=O.CCN(CC)CC. The van der Waals surface area contributed by atoms with E-state index in [1.807, 2.05) is 95.3 Å². The zero-order chi connectivity index (χ0) is 48.4. The molecule has 0 radical (unpaired) electrons. The number of nitrogens with zero attached hydrogens (tertiary/aromatic N) is 1. The zero-order valence-corrected chi connectivity index (χ0v) is 40.6. The average molecular weight is 901 g/mol. The number of carbonyl (C=O) groups is 6. The Balaban J connectivity index is 0. The summed E-state index contributed by atoms with van der Waals surface area (Å²) in [6.45, 7) is 29.4. The van der Waals surface area contributed by atoms with Crippen LogP contribution in [-0.2, 0) is 43.0 Å². The molecule has 0 aliphatic heterocycles. The van der Waals surface area contributed by atoms with E-state index in [0.29, 0.717) is 25.7 Å². The highest BCUT2D eigenvalue weighted by atomic mass is 35.5. The van der Waals surface area contributed by atoms with Crippen molar-refractivity contribution in [3.05, 3.63) is 97.1 Å². The van der Waals surface area contributed by atoms with E-state index in [1.54, 1.807) is 13.8 Å². The van der Waals surface area contributed by atoms with Crippen molar-refractivity contribution in [2.75, 3.05) is 46.1 Å². The van der Waals surface area contributed by atoms with Crippen molar-refractivity contribution in [1.29, 1.82) is 0 Å². The van der Waals surface area contributed by atoms with Gasteiger partial charge in [0.25, 0.3) is 0 Å². The second-order valence-corrected chi connectivity index (χ2v) is 16.0. The van der Waals surface area contributed by atoms with Crippen LogP contribution in [0.3, 0.4) is 0 Å². The van der Waals surface area contributed by atoms with Crippen molar-refractivity contribution >= 4 is 46.3 Å². The van der Waals surface area contributed by atoms with Gasteiger partial charge in [-0.2, -0.15) is 0 Å². The molecule has 2 rings (SSSR count). The Hall–Kier alpha value is -4.45. The number of hydrogen-bond donors (Lipinski definition) is 1.